The monoisotopic (exact) mass is 369 g/mol. The van der Waals surface area contributed by atoms with Gasteiger partial charge in [-0.3, -0.25) is 9.78 Å². The van der Waals surface area contributed by atoms with Crippen LogP contribution >= 0.6 is 0 Å². The van der Waals surface area contributed by atoms with Gasteiger partial charge < -0.3 is 10.1 Å². The molecule has 1 aliphatic heterocycles. The van der Waals surface area contributed by atoms with Crippen molar-refractivity contribution in [3.05, 3.63) is 23.0 Å². The van der Waals surface area contributed by atoms with Crippen LogP contribution in [0.15, 0.2) is 6.20 Å². The molecule has 2 rings (SSSR count). The number of pyridine rings is 1. The number of aromatic nitrogens is 1. The largest absolute Gasteiger partial charge is 0.496 e. The Bertz CT molecular complexity index is 734. The maximum Gasteiger partial charge on any atom is 0.238 e. The Labute approximate surface area is 149 Å². The predicted molar refractivity (Wildman–Crippen MR) is 95.9 cm³/mol. The number of hydrogen-bond acceptors (Lipinski definition) is 5. The lowest BCUT2D eigenvalue weighted by Gasteiger charge is -2.23. The third-order valence-corrected chi connectivity index (χ3v) is 6.58. The van der Waals surface area contributed by atoms with Crippen LogP contribution in [0.1, 0.15) is 43.0 Å². The van der Waals surface area contributed by atoms with E-state index in [9.17, 15) is 13.2 Å². The average molecular weight is 369 g/mol. The molecule has 1 amide bonds. The van der Waals surface area contributed by atoms with Gasteiger partial charge in [0.2, 0.25) is 15.9 Å². The third-order valence-electron chi connectivity index (χ3n) is 4.51. The van der Waals surface area contributed by atoms with Gasteiger partial charge in [0.05, 0.1) is 25.1 Å². The van der Waals surface area contributed by atoms with Crippen molar-refractivity contribution in [3.8, 4) is 5.75 Å². The quantitative estimate of drug-likeness (QED) is 0.787. The summed E-state index contributed by atoms with van der Waals surface area (Å²) in [6.45, 7) is 6.29. The Kier molecular flexibility index (Phi) is 6.40. The van der Waals surface area contributed by atoms with Crippen LogP contribution < -0.4 is 10.1 Å². The minimum absolute atomic E-state index is 0.0760. The fourth-order valence-corrected chi connectivity index (χ4v) is 4.99. The van der Waals surface area contributed by atoms with Gasteiger partial charge in [0.25, 0.3) is 0 Å². The lowest BCUT2D eigenvalue weighted by atomic mass is 10.1. The Morgan fingerprint density at radius 3 is 2.80 bits per heavy atom. The van der Waals surface area contributed by atoms with Crippen LogP contribution in [0.4, 0.5) is 0 Å². The van der Waals surface area contributed by atoms with Gasteiger partial charge in [0.1, 0.15) is 11.8 Å². The number of nitrogens with zero attached hydrogens (tertiary/aromatic N) is 2. The zero-order chi connectivity index (χ0) is 18.6. The summed E-state index contributed by atoms with van der Waals surface area (Å²) in [4.78, 5) is 16.9. The molecule has 0 saturated carbocycles. The lowest BCUT2D eigenvalue weighted by molar-refractivity contribution is -0.124. The molecule has 0 aliphatic carbocycles. The Balaban J connectivity index is 2.08. The minimum atomic E-state index is -3.37. The highest BCUT2D eigenvalue weighted by atomic mass is 32.2. The number of carbonyl (C=O) groups excluding carboxylic acids is 1. The zero-order valence-electron chi connectivity index (χ0n) is 15.3. The first kappa shape index (κ1) is 19.7. The van der Waals surface area contributed by atoms with Crippen molar-refractivity contribution < 1.29 is 17.9 Å². The zero-order valence-corrected chi connectivity index (χ0v) is 16.1. The van der Waals surface area contributed by atoms with Crippen LogP contribution in [0, 0.1) is 13.8 Å². The molecule has 0 aromatic carbocycles. The molecule has 1 N–H and O–H groups in total. The molecule has 1 fully saturated rings. The highest BCUT2D eigenvalue weighted by Crippen LogP contribution is 2.25. The molecule has 2 heterocycles. The number of rotatable bonds is 7. The molecular weight excluding hydrogens is 342 g/mol. The molecule has 1 aromatic rings. The highest BCUT2D eigenvalue weighted by Gasteiger charge is 2.37. The first-order chi connectivity index (χ1) is 11.8. The summed E-state index contributed by atoms with van der Waals surface area (Å²) in [5, 5.41) is 2.83. The number of aryl methyl sites for hydroxylation is 1. The van der Waals surface area contributed by atoms with Crippen LogP contribution in [0.5, 0.6) is 5.75 Å². The van der Waals surface area contributed by atoms with E-state index in [1.165, 1.54) is 4.31 Å². The van der Waals surface area contributed by atoms with Crippen molar-refractivity contribution in [1.29, 1.82) is 0 Å². The second-order valence-electron chi connectivity index (χ2n) is 6.35. The van der Waals surface area contributed by atoms with Crippen molar-refractivity contribution in [1.82, 2.24) is 14.6 Å². The molecule has 140 valence electrons. The van der Waals surface area contributed by atoms with Gasteiger partial charge in [-0.2, -0.15) is 4.31 Å². The summed E-state index contributed by atoms with van der Waals surface area (Å²) in [5.74, 6) is 0.567. The van der Waals surface area contributed by atoms with Crippen molar-refractivity contribution in [2.75, 3.05) is 19.4 Å². The SMILES string of the molecule is CCCS(=O)(=O)N1CCCC1C(=O)NCc1ncc(C)c(OC)c1C. The standard InChI is InChI=1S/C17H27N3O4S/c1-5-9-25(22,23)20-8-6-7-15(20)17(21)19-11-14-13(3)16(24-4)12(2)10-18-14/h10,15H,5-9,11H2,1-4H3,(H,19,21). The van der Waals surface area contributed by atoms with Crippen molar-refractivity contribution in [3.63, 3.8) is 0 Å². The predicted octanol–water partition coefficient (Wildman–Crippen LogP) is 1.53. The van der Waals surface area contributed by atoms with Gasteiger partial charge in [-0.25, -0.2) is 8.42 Å². The maximum atomic E-state index is 12.5. The van der Waals surface area contributed by atoms with E-state index in [1.54, 1.807) is 13.3 Å². The molecule has 0 bridgehead atoms. The second kappa shape index (κ2) is 8.14. The molecule has 1 unspecified atom stereocenters. The van der Waals surface area contributed by atoms with Gasteiger partial charge in [-0.1, -0.05) is 6.92 Å². The Morgan fingerprint density at radius 2 is 2.16 bits per heavy atom. The summed E-state index contributed by atoms with van der Waals surface area (Å²) < 4.78 is 31.3. The fraction of sp³-hybridized carbons (Fsp3) is 0.647. The number of amides is 1. The van der Waals surface area contributed by atoms with Crippen molar-refractivity contribution >= 4 is 15.9 Å². The Morgan fingerprint density at radius 1 is 1.44 bits per heavy atom. The fourth-order valence-electron chi connectivity index (χ4n) is 3.25. The van der Waals surface area contributed by atoms with E-state index in [4.69, 9.17) is 4.74 Å². The van der Waals surface area contributed by atoms with E-state index < -0.39 is 16.1 Å². The van der Waals surface area contributed by atoms with E-state index in [-0.39, 0.29) is 18.2 Å². The van der Waals surface area contributed by atoms with E-state index >= 15 is 0 Å². The van der Waals surface area contributed by atoms with Crippen LogP contribution in [-0.2, 0) is 21.4 Å². The molecule has 1 aliphatic rings. The second-order valence-corrected chi connectivity index (χ2v) is 8.39. The first-order valence-corrected chi connectivity index (χ1v) is 10.2. The molecule has 0 radical (unpaired) electrons. The molecule has 7 nitrogen and oxygen atoms in total. The Hall–Kier alpha value is -1.67. The normalized spacial score (nSPS) is 18.3. The average Bonchev–Trinajstić information content (AvgIpc) is 3.05. The van der Waals surface area contributed by atoms with E-state index in [0.717, 1.165) is 22.6 Å². The molecule has 1 atom stereocenters. The molecular formula is C17H27N3O4S. The molecule has 1 aromatic heterocycles. The van der Waals surface area contributed by atoms with E-state index in [0.29, 0.717) is 25.8 Å². The molecule has 25 heavy (non-hydrogen) atoms. The number of hydrogen-bond donors (Lipinski definition) is 1. The minimum Gasteiger partial charge on any atom is -0.496 e. The smallest absolute Gasteiger partial charge is 0.238 e. The first-order valence-electron chi connectivity index (χ1n) is 8.58. The van der Waals surface area contributed by atoms with E-state index in [1.807, 2.05) is 20.8 Å². The van der Waals surface area contributed by atoms with Gasteiger partial charge in [-0.05, 0) is 33.1 Å². The molecule has 0 spiro atoms. The van der Waals surface area contributed by atoms with Crippen LogP contribution in [0.25, 0.3) is 0 Å². The summed E-state index contributed by atoms with van der Waals surface area (Å²) in [6, 6.07) is -0.621. The third kappa shape index (κ3) is 4.30. The highest BCUT2D eigenvalue weighted by molar-refractivity contribution is 7.89. The van der Waals surface area contributed by atoms with Gasteiger partial charge in [-0.15, -0.1) is 0 Å². The lowest BCUT2D eigenvalue weighted by Crippen LogP contribution is -2.46. The summed E-state index contributed by atoms with van der Waals surface area (Å²) in [5.41, 5.74) is 2.53. The van der Waals surface area contributed by atoms with E-state index in [2.05, 4.69) is 10.3 Å². The summed E-state index contributed by atoms with van der Waals surface area (Å²) in [6.07, 6.45) is 3.51. The topological polar surface area (TPSA) is 88.6 Å². The number of carbonyl (C=O) groups is 1. The van der Waals surface area contributed by atoms with Crippen molar-refractivity contribution in [2.45, 2.75) is 52.6 Å². The van der Waals surface area contributed by atoms with Gasteiger partial charge in [0, 0.05) is 23.9 Å². The van der Waals surface area contributed by atoms with Gasteiger partial charge in [0.15, 0.2) is 0 Å². The summed E-state index contributed by atoms with van der Waals surface area (Å²) >= 11 is 0. The summed E-state index contributed by atoms with van der Waals surface area (Å²) in [7, 11) is -1.77. The molecule has 1 saturated heterocycles. The van der Waals surface area contributed by atoms with Gasteiger partial charge >= 0.3 is 0 Å². The number of ether oxygens (including phenoxy) is 1. The van der Waals surface area contributed by atoms with Crippen molar-refractivity contribution in [2.24, 2.45) is 0 Å². The number of methoxy groups -OCH3 is 1. The number of sulfonamides is 1. The van der Waals surface area contributed by atoms with Crippen LogP contribution in [-0.4, -0.2) is 49.1 Å². The molecule has 8 heteroatoms. The van der Waals surface area contributed by atoms with Crippen LogP contribution in [0.3, 0.4) is 0 Å². The maximum absolute atomic E-state index is 12.5. The van der Waals surface area contributed by atoms with Crippen LogP contribution in [0.2, 0.25) is 0 Å². The number of nitrogens with one attached hydrogen (secondary N) is 1.